The van der Waals surface area contributed by atoms with Crippen molar-refractivity contribution in [2.75, 3.05) is 24.5 Å². The smallest absolute Gasteiger partial charge is 0.128 e. The molecule has 3 heteroatoms. The van der Waals surface area contributed by atoms with E-state index in [-0.39, 0.29) is 0 Å². The van der Waals surface area contributed by atoms with E-state index in [2.05, 4.69) is 42.0 Å². The summed E-state index contributed by atoms with van der Waals surface area (Å²) in [6.45, 7) is 8.18. The predicted molar refractivity (Wildman–Crippen MR) is 84.1 cm³/mol. The largest absolute Gasteiger partial charge is 0.357 e. The molecule has 1 atom stereocenters. The molecule has 0 bridgehead atoms. The fourth-order valence-electron chi connectivity index (χ4n) is 3.67. The van der Waals surface area contributed by atoms with E-state index in [1.807, 2.05) is 0 Å². The molecule has 2 aliphatic rings. The van der Waals surface area contributed by atoms with Crippen LogP contribution in [0.5, 0.6) is 0 Å². The maximum Gasteiger partial charge on any atom is 0.128 e. The summed E-state index contributed by atoms with van der Waals surface area (Å²) in [5.41, 5.74) is 1.40. The Labute approximate surface area is 123 Å². The summed E-state index contributed by atoms with van der Waals surface area (Å²) in [6.07, 6.45) is 8.72. The molecule has 0 aliphatic carbocycles. The number of hydrogen-bond donors (Lipinski definition) is 0. The van der Waals surface area contributed by atoms with Crippen molar-refractivity contribution in [2.24, 2.45) is 0 Å². The van der Waals surface area contributed by atoms with Gasteiger partial charge in [-0.15, -0.1) is 0 Å². The van der Waals surface area contributed by atoms with Gasteiger partial charge in [-0.1, -0.05) is 6.07 Å². The molecular weight excluding hydrogens is 246 g/mol. The zero-order valence-electron chi connectivity index (χ0n) is 12.9. The van der Waals surface area contributed by atoms with E-state index in [0.717, 1.165) is 0 Å². The molecule has 2 fully saturated rings. The SMILES string of the molecule is CC(C)N1CCC[C@@H]1c1ccc(N2CCCCC2)nc1. The normalized spacial score (nSPS) is 24.6. The summed E-state index contributed by atoms with van der Waals surface area (Å²) in [5, 5.41) is 0. The predicted octanol–water partition coefficient (Wildman–Crippen LogP) is 3.62. The lowest BCUT2D eigenvalue weighted by atomic mass is 10.1. The molecular formula is C17H27N3. The van der Waals surface area contributed by atoms with Crippen LogP contribution in [0.3, 0.4) is 0 Å². The lowest BCUT2D eigenvalue weighted by molar-refractivity contribution is 0.205. The number of nitrogens with zero attached hydrogens (tertiary/aromatic N) is 3. The Balaban J connectivity index is 1.72. The van der Waals surface area contributed by atoms with Crippen molar-refractivity contribution in [1.82, 2.24) is 9.88 Å². The molecule has 2 aliphatic heterocycles. The maximum atomic E-state index is 4.74. The topological polar surface area (TPSA) is 19.4 Å². The molecule has 3 rings (SSSR count). The van der Waals surface area contributed by atoms with Crippen molar-refractivity contribution in [3.05, 3.63) is 23.9 Å². The van der Waals surface area contributed by atoms with Gasteiger partial charge in [-0.25, -0.2) is 4.98 Å². The molecule has 0 unspecified atom stereocenters. The standard InChI is InChI=1S/C17H27N3/c1-14(2)20-12-6-7-16(20)15-8-9-17(18-13-15)19-10-4-3-5-11-19/h8-9,13-14,16H,3-7,10-12H2,1-2H3/t16-/m1/s1. The van der Waals surface area contributed by atoms with Gasteiger partial charge < -0.3 is 4.90 Å². The minimum Gasteiger partial charge on any atom is -0.357 e. The third-order valence-electron chi connectivity index (χ3n) is 4.79. The number of anilines is 1. The van der Waals surface area contributed by atoms with Gasteiger partial charge >= 0.3 is 0 Å². The molecule has 3 heterocycles. The lowest BCUT2D eigenvalue weighted by Crippen LogP contribution is -2.31. The average molecular weight is 273 g/mol. The third kappa shape index (κ3) is 2.83. The minimum absolute atomic E-state index is 0.581. The van der Waals surface area contributed by atoms with Crippen molar-refractivity contribution >= 4 is 5.82 Å². The van der Waals surface area contributed by atoms with Gasteiger partial charge in [0, 0.05) is 31.4 Å². The summed E-state index contributed by atoms with van der Waals surface area (Å²) < 4.78 is 0. The minimum atomic E-state index is 0.581. The summed E-state index contributed by atoms with van der Waals surface area (Å²) >= 11 is 0. The van der Waals surface area contributed by atoms with E-state index >= 15 is 0 Å². The second-order valence-electron chi connectivity index (χ2n) is 6.49. The van der Waals surface area contributed by atoms with Crippen LogP contribution in [0.25, 0.3) is 0 Å². The van der Waals surface area contributed by atoms with Crippen molar-refractivity contribution in [2.45, 2.75) is 58.0 Å². The molecule has 2 saturated heterocycles. The van der Waals surface area contributed by atoms with E-state index in [1.54, 1.807) is 0 Å². The van der Waals surface area contributed by atoms with Gasteiger partial charge in [-0.2, -0.15) is 0 Å². The maximum absolute atomic E-state index is 4.74. The van der Waals surface area contributed by atoms with Crippen LogP contribution >= 0.6 is 0 Å². The monoisotopic (exact) mass is 273 g/mol. The molecule has 110 valence electrons. The van der Waals surface area contributed by atoms with E-state index in [0.29, 0.717) is 12.1 Å². The molecule has 0 aromatic carbocycles. The van der Waals surface area contributed by atoms with Gasteiger partial charge in [0.1, 0.15) is 5.82 Å². The van der Waals surface area contributed by atoms with Crippen molar-refractivity contribution < 1.29 is 0 Å². The van der Waals surface area contributed by atoms with E-state index in [9.17, 15) is 0 Å². The first-order valence-corrected chi connectivity index (χ1v) is 8.22. The highest BCUT2D eigenvalue weighted by molar-refractivity contribution is 5.40. The van der Waals surface area contributed by atoms with E-state index in [1.165, 1.54) is 63.1 Å². The molecule has 1 aromatic heterocycles. The van der Waals surface area contributed by atoms with Crippen LogP contribution < -0.4 is 4.90 Å². The zero-order chi connectivity index (χ0) is 13.9. The van der Waals surface area contributed by atoms with Crippen LogP contribution in [0.15, 0.2) is 18.3 Å². The Morgan fingerprint density at radius 3 is 2.50 bits per heavy atom. The molecule has 0 saturated carbocycles. The lowest BCUT2D eigenvalue weighted by Gasteiger charge is -2.30. The highest BCUT2D eigenvalue weighted by atomic mass is 15.2. The molecule has 20 heavy (non-hydrogen) atoms. The zero-order valence-corrected chi connectivity index (χ0v) is 12.9. The molecule has 0 amide bonds. The van der Waals surface area contributed by atoms with Gasteiger partial charge in [0.05, 0.1) is 0 Å². The van der Waals surface area contributed by atoms with E-state index < -0.39 is 0 Å². The Morgan fingerprint density at radius 1 is 1.05 bits per heavy atom. The first-order chi connectivity index (χ1) is 9.75. The number of rotatable bonds is 3. The number of pyridine rings is 1. The van der Waals surface area contributed by atoms with Gasteiger partial charge in [0.2, 0.25) is 0 Å². The van der Waals surface area contributed by atoms with Crippen LogP contribution in [0.2, 0.25) is 0 Å². The fourth-order valence-corrected chi connectivity index (χ4v) is 3.67. The Hall–Kier alpha value is -1.09. The third-order valence-corrected chi connectivity index (χ3v) is 4.79. The van der Waals surface area contributed by atoms with Crippen molar-refractivity contribution in [3.8, 4) is 0 Å². The highest BCUT2D eigenvalue weighted by Gasteiger charge is 2.28. The average Bonchev–Trinajstić information content (AvgIpc) is 2.98. The van der Waals surface area contributed by atoms with Gasteiger partial charge in [-0.05, 0) is 64.1 Å². The summed E-state index contributed by atoms with van der Waals surface area (Å²) in [7, 11) is 0. The van der Waals surface area contributed by atoms with Crippen LogP contribution in [-0.4, -0.2) is 35.6 Å². The molecule has 0 N–H and O–H groups in total. The number of aromatic nitrogens is 1. The number of likely N-dealkylation sites (tertiary alicyclic amines) is 1. The Bertz CT molecular complexity index is 420. The summed E-state index contributed by atoms with van der Waals surface area (Å²) in [4.78, 5) is 9.78. The number of hydrogen-bond acceptors (Lipinski definition) is 3. The van der Waals surface area contributed by atoms with Gasteiger partial charge in [-0.3, -0.25) is 4.90 Å². The van der Waals surface area contributed by atoms with Crippen LogP contribution in [-0.2, 0) is 0 Å². The van der Waals surface area contributed by atoms with Gasteiger partial charge in [0.15, 0.2) is 0 Å². The summed E-state index contributed by atoms with van der Waals surface area (Å²) in [5.74, 6) is 1.17. The van der Waals surface area contributed by atoms with E-state index in [4.69, 9.17) is 4.98 Å². The van der Waals surface area contributed by atoms with Crippen LogP contribution in [0.4, 0.5) is 5.82 Å². The second kappa shape index (κ2) is 6.13. The Kier molecular flexibility index (Phi) is 4.25. The van der Waals surface area contributed by atoms with Gasteiger partial charge in [0.25, 0.3) is 0 Å². The first kappa shape index (κ1) is 13.9. The van der Waals surface area contributed by atoms with Crippen molar-refractivity contribution in [3.63, 3.8) is 0 Å². The highest BCUT2D eigenvalue weighted by Crippen LogP contribution is 2.33. The molecule has 0 spiro atoms. The summed E-state index contributed by atoms with van der Waals surface area (Å²) in [6, 6.07) is 5.75. The first-order valence-electron chi connectivity index (χ1n) is 8.22. The fraction of sp³-hybridized carbons (Fsp3) is 0.706. The van der Waals surface area contributed by atoms with Crippen molar-refractivity contribution in [1.29, 1.82) is 0 Å². The quantitative estimate of drug-likeness (QED) is 0.838. The van der Waals surface area contributed by atoms with Crippen LogP contribution in [0, 0.1) is 0 Å². The second-order valence-corrected chi connectivity index (χ2v) is 6.49. The molecule has 0 radical (unpaired) electrons. The molecule has 3 nitrogen and oxygen atoms in total. The Morgan fingerprint density at radius 2 is 1.85 bits per heavy atom. The van der Waals surface area contributed by atoms with Crippen LogP contribution in [0.1, 0.15) is 57.6 Å². The number of piperidine rings is 1. The molecule has 1 aromatic rings.